The molecule has 0 radical (unpaired) electrons. The number of para-hydroxylation sites is 1. The van der Waals surface area contributed by atoms with Crippen LogP contribution < -0.4 is 5.32 Å². The average Bonchev–Trinajstić information content (AvgIpc) is 3.12. The number of rotatable bonds is 3. The zero-order valence-corrected chi connectivity index (χ0v) is 9.41. The molecule has 2 heteroatoms. The Kier molecular flexibility index (Phi) is 2.43. The van der Waals surface area contributed by atoms with Gasteiger partial charge in [0.05, 0.1) is 0 Å². The summed E-state index contributed by atoms with van der Waals surface area (Å²) in [7, 11) is 0. The molecular weight excluding hydrogens is 198 g/mol. The second-order valence-corrected chi connectivity index (χ2v) is 4.97. The predicted molar refractivity (Wildman–Crippen MR) is 64.6 cm³/mol. The van der Waals surface area contributed by atoms with E-state index in [2.05, 4.69) is 17.4 Å². The number of hydrogen-bond donors (Lipinski definition) is 1. The van der Waals surface area contributed by atoms with Gasteiger partial charge in [0.15, 0.2) is 0 Å². The molecule has 0 saturated heterocycles. The zero-order valence-electron chi connectivity index (χ0n) is 9.41. The number of carbonyl (C=O) groups is 1. The smallest absolute Gasteiger partial charge is 0.140 e. The van der Waals surface area contributed by atoms with E-state index in [1.807, 2.05) is 12.1 Å². The number of anilines is 1. The van der Waals surface area contributed by atoms with Gasteiger partial charge in [-0.05, 0) is 36.8 Å². The van der Waals surface area contributed by atoms with Crippen LogP contribution >= 0.6 is 0 Å². The van der Waals surface area contributed by atoms with Crippen molar-refractivity contribution in [3.63, 3.8) is 0 Å². The van der Waals surface area contributed by atoms with Crippen molar-refractivity contribution < 1.29 is 4.79 Å². The lowest BCUT2D eigenvalue weighted by Gasteiger charge is -2.25. The van der Waals surface area contributed by atoms with Crippen LogP contribution in [0.4, 0.5) is 5.69 Å². The largest absolute Gasteiger partial charge is 0.385 e. The van der Waals surface area contributed by atoms with Gasteiger partial charge in [-0.1, -0.05) is 18.2 Å². The highest BCUT2D eigenvalue weighted by molar-refractivity contribution is 5.88. The van der Waals surface area contributed by atoms with Gasteiger partial charge in [-0.3, -0.25) is 4.79 Å². The lowest BCUT2D eigenvalue weighted by atomic mass is 9.86. The molecule has 1 aromatic rings. The van der Waals surface area contributed by atoms with Crippen LogP contribution in [0.2, 0.25) is 0 Å². The summed E-state index contributed by atoms with van der Waals surface area (Å²) in [6.45, 7) is 0.929. The highest BCUT2D eigenvalue weighted by Gasteiger charge is 2.31. The molecule has 84 valence electrons. The molecule has 1 aliphatic carbocycles. The van der Waals surface area contributed by atoms with Gasteiger partial charge in [0.1, 0.15) is 5.78 Å². The second kappa shape index (κ2) is 3.93. The Morgan fingerprint density at radius 1 is 1.25 bits per heavy atom. The maximum atomic E-state index is 12.2. The predicted octanol–water partition coefficient (Wildman–Crippen LogP) is 2.96. The first-order valence-electron chi connectivity index (χ1n) is 6.20. The van der Waals surface area contributed by atoms with Gasteiger partial charge < -0.3 is 5.32 Å². The van der Waals surface area contributed by atoms with Crippen molar-refractivity contribution in [2.45, 2.75) is 31.6 Å². The van der Waals surface area contributed by atoms with Crippen LogP contribution in [-0.4, -0.2) is 12.3 Å². The molecule has 0 amide bonds. The molecule has 1 aromatic carbocycles. The first-order chi connectivity index (χ1) is 7.84. The Morgan fingerprint density at radius 2 is 2.06 bits per heavy atom. The quantitative estimate of drug-likeness (QED) is 0.840. The van der Waals surface area contributed by atoms with Crippen molar-refractivity contribution in [1.82, 2.24) is 0 Å². The number of Topliss-reactive ketones (excluding diaryl/α,β-unsaturated/α-hetero) is 1. The van der Waals surface area contributed by atoms with Gasteiger partial charge in [-0.15, -0.1) is 0 Å². The minimum atomic E-state index is 0.151. The normalized spacial score (nSPS) is 23.4. The molecule has 1 atom stereocenters. The Bertz CT molecular complexity index is 409. The van der Waals surface area contributed by atoms with Gasteiger partial charge in [0, 0.05) is 24.6 Å². The van der Waals surface area contributed by atoms with Crippen LogP contribution in [-0.2, 0) is 4.79 Å². The first kappa shape index (κ1) is 9.88. The van der Waals surface area contributed by atoms with E-state index in [9.17, 15) is 4.79 Å². The number of hydrogen-bond acceptors (Lipinski definition) is 2. The maximum absolute atomic E-state index is 12.2. The summed E-state index contributed by atoms with van der Waals surface area (Å²) in [5.41, 5.74) is 2.36. The summed E-state index contributed by atoms with van der Waals surface area (Å²) >= 11 is 0. The third kappa shape index (κ3) is 1.84. The molecule has 1 aliphatic heterocycles. The van der Waals surface area contributed by atoms with E-state index in [0.29, 0.717) is 11.7 Å². The summed E-state index contributed by atoms with van der Waals surface area (Å²) in [6, 6.07) is 8.23. The molecule has 16 heavy (non-hydrogen) atoms. The number of fused-ring (bicyclic) bond motifs is 1. The van der Waals surface area contributed by atoms with Crippen LogP contribution in [0, 0.1) is 5.92 Å². The Labute approximate surface area is 96.1 Å². The molecule has 2 aliphatic rings. The Hall–Kier alpha value is -1.31. The fourth-order valence-electron chi connectivity index (χ4n) is 2.55. The van der Waals surface area contributed by atoms with Gasteiger partial charge in [-0.25, -0.2) is 0 Å². The summed E-state index contributed by atoms with van der Waals surface area (Å²) in [5.74, 6) is 1.31. The number of nitrogens with one attached hydrogen (secondary N) is 1. The molecule has 0 aromatic heterocycles. The highest BCUT2D eigenvalue weighted by atomic mass is 16.1. The molecule has 0 spiro atoms. The molecule has 1 saturated carbocycles. The van der Waals surface area contributed by atoms with E-state index in [1.54, 1.807) is 0 Å². The first-order valence-corrected chi connectivity index (χ1v) is 6.20. The minimum Gasteiger partial charge on any atom is -0.385 e. The third-order valence-corrected chi connectivity index (χ3v) is 3.66. The van der Waals surface area contributed by atoms with Gasteiger partial charge in [0.2, 0.25) is 0 Å². The lowest BCUT2D eigenvalue weighted by molar-refractivity contribution is -0.121. The fourth-order valence-corrected chi connectivity index (χ4v) is 2.55. The Balaban J connectivity index is 1.82. The van der Waals surface area contributed by atoms with E-state index in [0.717, 1.165) is 25.1 Å². The maximum Gasteiger partial charge on any atom is 0.140 e. The van der Waals surface area contributed by atoms with Crippen molar-refractivity contribution in [1.29, 1.82) is 0 Å². The molecule has 0 bridgehead atoms. The summed E-state index contributed by atoms with van der Waals surface area (Å²) < 4.78 is 0. The zero-order chi connectivity index (χ0) is 11.0. The van der Waals surface area contributed by atoms with Gasteiger partial charge in [-0.2, -0.15) is 0 Å². The van der Waals surface area contributed by atoms with Crippen LogP contribution in [0.5, 0.6) is 0 Å². The molecule has 1 N–H and O–H groups in total. The molecule has 2 nitrogen and oxygen atoms in total. The lowest BCUT2D eigenvalue weighted by Crippen LogP contribution is -2.23. The van der Waals surface area contributed by atoms with Gasteiger partial charge >= 0.3 is 0 Å². The summed E-state index contributed by atoms with van der Waals surface area (Å²) in [4.78, 5) is 12.2. The SMILES string of the molecule is O=C(CC1CC1)C1CCNc2ccccc21. The molecule has 3 rings (SSSR count). The van der Waals surface area contributed by atoms with E-state index < -0.39 is 0 Å². The Morgan fingerprint density at radius 3 is 2.88 bits per heavy atom. The minimum absolute atomic E-state index is 0.151. The van der Waals surface area contributed by atoms with Crippen molar-refractivity contribution in [2.75, 3.05) is 11.9 Å². The van der Waals surface area contributed by atoms with Crippen LogP contribution in [0.3, 0.4) is 0 Å². The van der Waals surface area contributed by atoms with E-state index in [1.165, 1.54) is 18.4 Å². The van der Waals surface area contributed by atoms with Crippen LogP contribution in [0.1, 0.15) is 37.2 Å². The summed E-state index contributed by atoms with van der Waals surface area (Å²) in [5, 5.41) is 3.36. The van der Waals surface area contributed by atoms with Crippen molar-refractivity contribution in [3.8, 4) is 0 Å². The highest BCUT2D eigenvalue weighted by Crippen LogP contribution is 2.38. The van der Waals surface area contributed by atoms with Crippen molar-refractivity contribution >= 4 is 11.5 Å². The standard InChI is InChI=1S/C14H17NO/c16-14(9-10-5-6-10)12-7-8-15-13-4-2-1-3-11(12)13/h1-4,10,12,15H,5-9H2. The van der Waals surface area contributed by atoms with E-state index in [-0.39, 0.29) is 5.92 Å². The monoisotopic (exact) mass is 215 g/mol. The number of benzene rings is 1. The van der Waals surface area contributed by atoms with Crippen LogP contribution in [0.25, 0.3) is 0 Å². The van der Waals surface area contributed by atoms with E-state index in [4.69, 9.17) is 0 Å². The molecule has 1 fully saturated rings. The fraction of sp³-hybridized carbons (Fsp3) is 0.500. The van der Waals surface area contributed by atoms with Crippen LogP contribution in [0.15, 0.2) is 24.3 Å². The van der Waals surface area contributed by atoms with Crippen molar-refractivity contribution in [2.24, 2.45) is 5.92 Å². The second-order valence-electron chi connectivity index (χ2n) is 4.97. The number of ketones is 1. The third-order valence-electron chi connectivity index (χ3n) is 3.66. The average molecular weight is 215 g/mol. The van der Waals surface area contributed by atoms with E-state index >= 15 is 0 Å². The van der Waals surface area contributed by atoms with Gasteiger partial charge in [0.25, 0.3) is 0 Å². The number of carbonyl (C=O) groups excluding carboxylic acids is 1. The molecule has 1 unspecified atom stereocenters. The topological polar surface area (TPSA) is 29.1 Å². The summed E-state index contributed by atoms with van der Waals surface area (Å²) in [6.07, 6.45) is 4.29. The molecule has 1 heterocycles. The van der Waals surface area contributed by atoms with Crippen molar-refractivity contribution in [3.05, 3.63) is 29.8 Å². The molecular formula is C14H17NO.